The van der Waals surface area contributed by atoms with Gasteiger partial charge >= 0.3 is 6.09 Å². The number of rotatable bonds is 3. The van der Waals surface area contributed by atoms with Crippen molar-refractivity contribution >= 4 is 49.7 Å². The average molecular weight is 533 g/mol. The molecule has 4 rings (SSSR count). The predicted octanol–water partition coefficient (Wildman–Crippen LogP) is 4.74. The molecule has 7 nitrogen and oxygen atoms in total. The molecule has 1 aliphatic heterocycles. The lowest BCUT2D eigenvalue weighted by molar-refractivity contribution is -0.120. The minimum Gasteiger partial charge on any atom is -0.497 e. The summed E-state index contributed by atoms with van der Waals surface area (Å²) in [5.74, 6) is 0.202. The molecule has 1 spiro atoms. The number of ether oxygens (including phenoxy) is 2. The van der Waals surface area contributed by atoms with Crippen molar-refractivity contribution in [2.45, 2.75) is 44.1 Å². The number of benzene rings is 2. The maximum atomic E-state index is 13.6. The molecule has 1 fully saturated rings. The van der Waals surface area contributed by atoms with Gasteiger partial charge in [-0.25, -0.2) is 9.69 Å². The Bertz CT molecular complexity index is 1120. The van der Waals surface area contributed by atoms with Crippen LogP contribution in [0.5, 0.6) is 5.75 Å². The van der Waals surface area contributed by atoms with Gasteiger partial charge in [0.1, 0.15) is 15.1 Å². The molecule has 2 aliphatic rings. The lowest BCUT2D eigenvalue weighted by atomic mass is 9.91. The van der Waals surface area contributed by atoms with Crippen LogP contribution in [0.15, 0.2) is 36.4 Å². The number of halogens is 1. The molecule has 2 aromatic rings. The summed E-state index contributed by atoms with van der Waals surface area (Å²) in [6, 6.07) is 10.8. The van der Waals surface area contributed by atoms with Crippen LogP contribution in [0.1, 0.15) is 49.8 Å². The van der Waals surface area contributed by atoms with Crippen LogP contribution >= 0.6 is 22.6 Å². The second-order valence-corrected chi connectivity index (χ2v) is 9.97. The van der Waals surface area contributed by atoms with Crippen molar-refractivity contribution in [1.29, 1.82) is 5.41 Å². The van der Waals surface area contributed by atoms with Crippen molar-refractivity contribution in [3.05, 3.63) is 53.1 Å². The first-order chi connectivity index (χ1) is 14.5. The van der Waals surface area contributed by atoms with E-state index in [0.29, 0.717) is 32.8 Å². The summed E-state index contributed by atoms with van der Waals surface area (Å²) >= 11 is 1.92. The first kappa shape index (κ1) is 21.6. The highest BCUT2D eigenvalue weighted by molar-refractivity contribution is 14.1. The van der Waals surface area contributed by atoms with Crippen LogP contribution in [-0.4, -0.2) is 28.4 Å². The maximum Gasteiger partial charge on any atom is 0.421 e. The number of fused-ring (bicyclic) bond motifs is 2. The molecule has 8 heteroatoms. The van der Waals surface area contributed by atoms with Gasteiger partial charge in [-0.3, -0.25) is 10.2 Å². The van der Waals surface area contributed by atoms with Gasteiger partial charge in [-0.05, 0) is 91.2 Å². The fourth-order valence-corrected chi connectivity index (χ4v) is 4.80. The molecule has 2 atom stereocenters. The van der Waals surface area contributed by atoms with E-state index >= 15 is 0 Å². The number of carbonyl (C=O) groups is 2. The number of nitrogens with two attached hydrogens (primary N) is 1. The number of nitrogen functional groups attached to an aromatic ring is 1. The Morgan fingerprint density at radius 2 is 1.97 bits per heavy atom. The molecule has 0 unspecified atom stereocenters. The van der Waals surface area contributed by atoms with E-state index in [1.165, 1.54) is 0 Å². The van der Waals surface area contributed by atoms with Crippen molar-refractivity contribution in [2.24, 2.45) is 0 Å². The summed E-state index contributed by atoms with van der Waals surface area (Å²) in [5, 5.41) is 7.83. The first-order valence-corrected chi connectivity index (χ1v) is 11.0. The Kier molecular flexibility index (Phi) is 5.03. The maximum absolute atomic E-state index is 13.6. The molecular formula is C23H24IN3O4. The zero-order chi connectivity index (χ0) is 22.7. The van der Waals surface area contributed by atoms with Gasteiger partial charge in [0, 0.05) is 17.2 Å². The minimum absolute atomic E-state index is 0.127. The quantitative estimate of drug-likeness (QED) is 0.337. The molecule has 1 saturated carbocycles. The van der Waals surface area contributed by atoms with E-state index < -0.39 is 17.1 Å². The Morgan fingerprint density at radius 1 is 1.26 bits per heavy atom. The van der Waals surface area contributed by atoms with Crippen LogP contribution in [0, 0.1) is 5.41 Å². The Balaban J connectivity index is 1.77. The molecule has 0 saturated heterocycles. The fourth-order valence-electron chi connectivity index (χ4n) is 4.30. The van der Waals surface area contributed by atoms with Gasteiger partial charge in [0.2, 0.25) is 5.91 Å². The van der Waals surface area contributed by atoms with Gasteiger partial charge in [0.15, 0.2) is 0 Å². The van der Waals surface area contributed by atoms with E-state index in [-0.39, 0.29) is 11.8 Å². The fraction of sp³-hybridized carbons (Fsp3) is 0.348. The Hall–Kier alpha value is -2.62. The average Bonchev–Trinajstić information content (AvgIpc) is 3.37. The zero-order valence-corrected chi connectivity index (χ0v) is 19.9. The van der Waals surface area contributed by atoms with Crippen molar-refractivity contribution in [1.82, 2.24) is 0 Å². The first-order valence-electron chi connectivity index (χ1n) is 9.89. The van der Waals surface area contributed by atoms with Crippen LogP contribution in [0.2, 0.25) is 0 Å². The summed E-state index contributed by atoms with van der Waals surface area (Å²) in [4.78, 5) is 27.7. The number of carbonyl (C=O) groups excluding carboxylic acids is 2. The van der Waals surface area contributed by atoms with Crippen molar-refractivity contribution in [3.8, 4) is 5.75 Å². The molecule has 0 bridgehead atoms. The molecule has 31 heavy (non-hydrogen) atoms. The van der Waals surface area contributed by atoms with Crippen LogP contribution in [0.4, 0.5) is 16.2 Å². The highest BCUT2D eigenvalue weighted by Crippen LogP contribution is 2.67. The normalized spacial score (nSPS) is 21.8. The van der Waals surface area contributed by atoms with E-state index in [1.807, 2.05) is 46.9 Å². The number of imide groups is 1. The van der Waals surface area contributed by atoms with Gasteiger partial charge < -0.3 is 15.2 Å². The lowest BCUT2D eigenvalue weighted by Gasteiger charge is -2.24. The summed E-state index contributed by atoms with van der Waals surface area (Å²) in [7, 11) is 1.57. The lowest BCUT2D eigenvalue weighted by Crippen LogP contribution is -2.41. The standard InChI is InChI=1S/C23H24IN3O4/c1-22(2,3)31-21(29)27-18-8-6-13(30-4)10-15(18)23(20(27)28)11-16(23)12-5-7-14(19(24)26)17(25)9-12/h5-10,16,26H,11,25H2,1-4H3/t16-,23-/m0/s1. The predicted molar refractivity (Wildman–Crippen MR) is 127 cm³/mol. The molecule has 2 amide bonds. The molecule has 162 valence electrons. The van der Waals surface area contributed by atoms with Crippen molar-refractivity contribution < 1.29 is 19.1 Å². The second kappa shape index (κ2) is 7.22. The zero-order valence-electron chi connectivity index (χ0n) is 17.8. The molecule has 3 N–H and O–H groups in total. The van der Waals surface area contributed by atoms with E-state index in [2.05, 4.69) is 0 Å². The summed E-state index contributed by atoms with van der Waals surface area (Å²) in [5.41, 5.74) is 7.94. The van der Waals surface area contributed by atoms with Gasteiger partial charge in [0.05, 0.1) is 18.2 Å². The van der Waals surface area contributed by atoms with Gasteiger partial charge in [-0.15, -0.1) is 0 Å². The van der Waals surface area contributed by atoms with E-state index in [4.69, 9.17) is 20.6 Å². The Morgan fingerprint density at radius 3 is 2.55 bits per heavy atom. The molecule has 1 aliphatic carbocycles. The van der Waals surface area contributed by atoms with Crippen LogP contribution < -0.4 is 15.4 Å². The summed E-state index contributed by atoms with van der Waals surface area (Å²) in [6.45, 7) is 5.31. The number of nitrogens with one attached hydrogen (secondary N) is 1. The van der Waals surface area contributed by atoms with Crippen molar-refractivity contribution in [3.63, 3.8) is 0 Å². The number of hydrogen-bond acceptors (Lipinski definition) is 6. The topological polar surface area (TPSA) is 106 Å². The van der Waals surface area contributed by atoms with Crippen LogP contribution in [0.25, 0.3) is 0 Å². The number of methoxy groups -OCH3 is 1. The van der Waals surface area contributed by atoms with E-state index in [0.717, 1.165) is 16.0 Å². The third-order valence-corrected chi connectivity index (χ3v) is 6.34. The number of nitrogens with zero attached hydrogens (tertiary/aromatic N) is 1. The third kappa shape index (κ3) is 3.46. The third-order valence-electron chi connectivity index (χ3n) is 5.76. The van der Waals surface area contributed by atoms with E-state index in [9.17, 15) is 9.59 Å². The van der Waals surface area contributed by atoms with Gasteiger partial charge in [0.25, 0.3) is 0 Å². The highest BCUT2D eigenvalue weighted by Gasteiger charge is 2.68. The van der Waals surface area contributed by atoms with Gasteiger partial charge in [-0.2, -0.15) is 0 Å². The molecule has 0 aromatic heterocycles. The minimum atomic E-state index is -0.855. The van der Waals surface area contributed by atoms with Crippen molar-refractivity contribution in [2.75, 3.05) is 17.7 Å². The number of hydrogen-bond donors (Lipinski definition) is 2. The van der Waals surface area contributed by atoms with Gasteiger partial charge in [-0.1, -0.05) is 6.07 Å². The SMILES string of the molecule is COc1ccc2c(c1)[C@]1(C[C@H]1c1ccc(C(=N)I)c(N)c1)C(=O)N2C(=O)OC(C)(C)C. The Labute approximate surface area is 194 Å². The second-order valence-electron chi connectivity index (χ2n) is 8.89. The number of amides is 2. The summed E-state index contributed by atoms with van der Waals surface area (Å²) < 4.78 is 11.3. The summed E-state index contributed by atoms with van der Waals surface area (Å²) in [6.07, 6.45) is -0.120. The smallest absolute Gasteiger partial charge is 0.421 e. The number of anilines is 2. The molecular weight excluding hydrogens is 509 g/mol. The monoisotopic (exact) mass is 533 g/mol. The van der Waals surface area contributed by atoms with Crippen LogP contribution in [0.3, 0.4) is 0 Å². The molecule has 1 heterocycles. The molecule has 0 radical (unpaired) electrons. The molecule has 2 aromatic carbocycles. The van der Waals surface area contributed by atoms with Crippen LogP contribution in [-0.2, 0) is 14.9 Å². The highest BCUT2D eigenvalue weighted by atomic mass is 127. The largest absolute Gasteiger partial charge is 0.497 e. The van der Waals surface area contributed by atoms with E-state index in [1.54, 1.807) is 40.0 Å².